The van der Waals surface area contributed by atoms with Gasteiger partial charge in [-0.25, -0.2) is 0 Å². The highest BCUT2D eigenvalue weighted by Crippen LogP contribution is 2.53. The van der Waals surface area contributed by atoms with E-state index in [0.29, 0.717) is 0 Å². The summed E-state index contributed by atoms with van der Waals surface area (Å²) in [4.78, 5) is 2.42. The SMILES string of the molecule is CC1(C)c2cc(-c3cccc4c3ccc3c(-c5ccccc5)c(-c5ccccc5)n(-c5ccccc5)c34)ccc2-c2ccc(N(c3ccccc3)c3cccc4ccccc34)cc21. The Labute approximate surface area is 368 Å². The molecule has 0 bridgehead atoms. The van der Waals surface area contributed by atoms with Gasteiger partial charge in [0.25, 0.3) is 0 Å². The van der Waals surface area contributed by atoms with Crippen LogP contribution in [0.5, 0.6) is 0 Å². The number of rotatable bonds is 7. The van der Waals surface area contributed by atoms with Crippen molar-refractivity contribution in [2.75, 3.05) is 4.90 Å². The minimum Gasteiger partial charge on any atom is -0.310 e. The van der Waals surface area contributed by atoms with Crippen molar-refractivity contribution in [2.24, 2.45) is 0 Å². The van der Waals surface area contributed by atoms with Crippen LogP contribution in [0.25, 0.3) is 82.8 Å². The largest absolute Gasteiger partial charge is 0.310 e. The van der Waals surface area contributed by atoms with Crippen molar-refractivity contribution >= 4 is 49.5 Å². The van der Waals surface area contributed by atoms with Crippen molar-refractivity contribution in [3.8, 4) is 50.3 Å². The van der Waals surface area contributed by atoms with E-state index in [1.807, 2.05) is 0 Å². The fourth-order valence-corrected chi connectivity index (χ4v) is 10.4. The van der Waals surface area contributed by atoms with Gasteiger partial charge < -0.3 is 9.47 Å². The van der Waals surface area contributed by atoms with Gasteiger partial charge in [-0.1, -0.05) is 196 Å². The summed E-state index contributed by atoms with van der Waals surface area (Å²) < 4.78 is 2.50. The van der Waals surface area contributed by atoms with Gasteiger partial charge in [0.15, 0.2) is 0 Å². The van der Waals surface area contributed by atoms with Crippen LogP contribution in [0.3, 0.4) is 0 Å². The van der Waals surface area contributed by atoms with Gasteiger partial charge in [0.2, 0.25) is 0 Å². The van der Waals surface area contributed by atoms with E-state index in [4.69, 9.17) is 0 Å². The topological polar surface area (TPSA) is 8.17 Å². The number of fused-ring (bicyclic) bond motifs is 7. The lowest BCUT2D eigenvalue weighted by Gasteiger charge is -2.29. The van der Waals surface area contributed by atoms with Gasteiger partial charge in [0, 0.05) is 44.2 Å². The third-order valence-electron chi connectivity index (χ3n) is 13.4. The van der Waals surface area contributed by atoms with Gasteiger partial charge in [-0.3, -0.25) is 0 Å². The summed E-state index contributed by atoms with van der Waals surface area (Å²) in [7, 11) is 0. The third-order valence-corrected chi connectivity index (χ3v) is 13.4. The molecule has 12 rings (SSSR count). The first kappa shape index (κ1) is 36.9. The molecule has 0 spiro atoms. The van der Waals surface area contributed by atoms with E-state index in [-0.39, 0.29) is 5.41 Å². The van der Waals surface area contributed by atoms with E-state index in [1.54, 1.807) is 0 Å². The zero-order chi connectivity index (χ0) is 42.1. The van der Waals surface area contributed by atoms with E-state index in [9.17, 15) is 0 Å². The molecule has 0 saturated carbocycles. The van der Waals surface area contributed by atoms with E-state index in [0.717, 1.165) is 17.1 Å². The van der Waals surface area contributed by atoms with Gasteiger partial charge in [0.05, 0.1) is 16.9 Å². The maximum absolute atomic E-state index is 2.50. The van der Waals surface area contributed by atoms with Crippen molar-refractivity contribution in [2.45, 2.75) is 19.3 Å². The molecule has 0 N–H and O–H groups in total. The fraction of sp³-hybridized carbons (Fsp3) is 0.0492. The Morgan fingerprint density at radius 1 is 0.381 bits per heavy atom. The van der Waals surface area contributed by atoms with Gasteiger partial charge in [-0.2, -0.15) is 0 Å². The second-order valence-corrected chi connectivity index (χ2v) is 17.3. The quantitative estimate of drug-likeness (QED) is 0.156. The highest BCUT2D eigenvalue weighted by molar-refractivity contribution is 6.18. The summed E-state index contributed by atoms with van der Waals surface area (Å²) in [5.41, 5.74) is 18.2. The lowest BCUT2D eigenvalue weighted by atomic mass is 9.81. The van der Waals surface area contributed by atoms with Gasteiger partial charge in [-0.05, 0) is 104 Å². The van der Waals surface area contributed by atoms with E-state index >= 15 is 0 Å². The Bertz CT molecular complexity index is 3510. The smallest absolute Gasteiger partial charge is 0.0620 e. The molecular weight excluding hydrogens is 761 g/mol. The Hall–Kier alpha value is -7.94. The van der Waals surface area contributed by atoms with Crippen LogP contribution in [0, 0.1) is 0 Å². The van der Waals surface area contributed by atoms with Crippen molar-refractivity contribution < 1.29 is 0 Å². The van der Waals surface area contributed by atoms with Gasteiger partial charge in [-0.15, -0.1) is 0 Å². The molecule has 298 valence electrons. The van der Waals surface area contributed by atoms with E-state index in [1.165, 1.54) is 93.9 Å². The summed E-state index contributed by atoms with van der Waals surface area (Å²) in [5, 5.41) is 6.17. The number of hydrogen-bond acceptors (Lipinski definition) is 1. The second kappa shape index (κ2) is 14.6. The van der Waals surface area contributed by atoms with Crippen LogP contribution in [-0.4, -0.2) is 4.57 Å². The molecule has 0 saturated heterocycles. The van der Waals surface area contributed by atoms with Crippen molar-refractivity contribution in [1.82, 2.24) is 4.57 Å². The zero-order valence-corrected chi connectivity index (χ0v) is 35.3. The molecule has 1 aliphatic carbocycles. The first-order chi connectivity index (χ1) is 31.0. The molecule has 0 radical (unpaired) electrons. The first-order valence-electron chi connectivity index (χ1n) is 21.9. The molecule has 63 heavy (non-hydrogen) atoms. The number of para-hydroxylation sites is 2. The van der Waals surface area contributed by atoms with Gasteiger partial charge >= 0.3 is 0 Å². The van der Waals surface area contributed by atoms with Crippen LogP contribution in [0.4, 0.5) is 17.1 Å². The third kappa shape index (κ3) is 5.86. The van der Waals surface area contributed by atoms with Crippen LogP contribution in [0.2, 0.25) is 0 Å². The minimum atomic E-state index is -0.229. The molecule has 1 aliphatic rings. The van der Waals surface area contributed by atoms with E-state index < -0.39 is 0 Å². The summed E-state index contributed by atoms with van der Waals surface area (Å²) in [5.74, 6) is 0. The number of hydrogen-bond donors (Lipinski definition) is 0. The predicted molar refractivity (Wildman–Crippen MR) is 267 cm³/mol. The summed E-state index contributed by atoms with van der Waals surface area (Å²) in [6, 6.07) is 84.5. The molecule has 10 aromatic carbocycles. The number of nitrogens with zero attached hydrogens (tertiary/aromatic N) is 2. The molecule has 11 aromatic rings. The molecule has 2 nitrogen and oxygen atoms in total. The molecule has 1 aromatic heterocycles. The number of benzene rings is 10. The van der Waals surface area contributed by atoms with Gasteiger partial charge in [0.1, 0.15) is 0 Å². The average molecular weight is 805 g/mol. The number of anilines is 3. The Morgan fingerprint density at radius 3 is 1.73 bits per heavy atom. The van der Waals surface area contributed by atoms with Crippen LogP contribution in [0.1, 0.15) is 25.0 Å². The normalized spacial score (nSPS) is 12.7. The van der Waals surface area contributed by atoms with E-state index in [2.05, 4.69) is 254 Å². The lowest BCUT2D eigenvalue weighted by Crippen LogP contribution is -2.16. The van der Waals surface area contributed by atoms with Crippen LogP contribution in [0.15, 0.2) is 231 Å². The van der Waals surface area contributed by atoms with Crippen LogP contribution < -0.4 is 4.90 Å². The lowest BCUT2D eigenvalue weighted by molar-refractivity contribution is 0.660. The molecule has 2 heteroatoms. The monoisotopic (exact) mass is 804 g/mol. The Balaban J connectivity index is 1.02. The molecule has 1 heterocycles. The molecular formula is C61H44N2. The first-order valence-corrected chi connectivity index (χ1v) is 21.9. The van der Waals surface area contributed by atoms with Crippen LogP contribution >= 0.6 is 0 Å². The van der Waals surface area contributed by atoms with Crippen molar-refractivity contribution in [3.63, 3.8) is 0 Å². The summed E-state index contributed by atoms with van der Waals surface area (Å²) in [6.07, 6.45) is 0. The molecule has 0 unspecified atom stereocenters. The fourth-order valence-electron chi connectivity index (χ4n) is 10.4. The second-order valence-electron chi connectivity index (χ2n) is 17.3. The summed E-state index contributed by atoms with van der Waals surface area (Å²) >= 11 is 0. The predicted octanol–water partition coefficient (Wildman–Crippen LogP) is 16.7. The van der Waals surface area contributed by atoms with Crippen molar-refractivity contribution in [3.05, 3.63) is 242 Å². The molecule has 0 atom stereocenters. The standard InChI is InChI=1S/C61H44N2/c1-61(2)55-39-44(33-35-51(55)52-36-34-47(40-56(52)61)62(45-25-11-5-12-26-45)57-32-17-24-41-19-15-16-29-49(41)57)48-30-18-31-53-50(48)37-38-54-58(42-20-7-3-8-21-42)59(43-22-9-4-10-23-43)63(60(53)54)46-27-13-6-14-28-46/h3-40H,1-2H3. The Morgan fingerprint density at radius 2 is 0.968 bits per heavy atom. The maximum atomic E-state index is 2.50. The maximum Gasteiger partial charge on any atom is 0.0620 e. The highest BCUT2D eigenvalue weighted by atomic mass is 15.1. The Kier molecular flexibility index (Phi) is 8.55. The zero-order valence-electron chi connectivity index (χ0n) is 35.3. The molecule has 0 aliphatic heterocycles. The average Bonchev–Trinajstić information content (AvgIpc) is 3.81. The molecule has 0 amide bonds. The summed E-state index contributed by atoms with van der Waals surface area (Å²) in [6.45, 7) is 4.79. The highest BCUT2D eigenvalue weighted by Gasteiger charge is 2.36. The van der Waals surface area contributed by atoms with Crippen molar-refractivity contribution in [1.29, 1.82) is 0 Å². The molecule has 0 fully saturated rings. The minimum absolute atomic E-state index is 0.229. The number of aromatic nitrogens is 1. The van der Waals surface area contributed by atoms with Crippen LogP contribution in [-0.2, 0) is 5.41 Å².